The summed E-state index contributed by atoms with van der Waals surface area (Å²) in [6.45, 7) is 3.92. The van der Waals surface area contributed by atoms with E-state index in [-0.39, 0.29) is 6.61 Å². The first kappa shape index (κ1) is 14.5. The Kier molecular flexibility index (Phi) is 3.96. The molecular formula is C13H20N2O3S. The summed E-state index contributed by atoms with van der Waals surface area (Å²) in [6.07, 6.45) is 0.719. The zero-order valence-electron chi connectivity index (χ0n) is 11.3. The Morgan fingerprint density at radius 1 is 1.32 bits per heavy atom. The van der Waals surface area contributed by atoms with Crippen LogP contribution in [-0.2, 0) is 23.2 Å². The normalized spacial score (nSPS) is 17.2. The predicted octanol–water partition coefficient (Wildman–Crippen LogP) is 0.650. The minimum absolute atomic E-state index is 0.239. The van der Waals surface area contributed by atoms with Gasteiger partial charge >= 0.3 is 0 Å². The molecule has 0 saturated heterocycles. The second kappa shape index (κ2) is 5.20. The van der Waals surface area contributed by atoms with Gasteiger partial charge in [0, 0.05) is 13.1 Å². The SMILES string of the molecule is CC(C)(CO)NS(=O)(=O)N1CCc2ccccc2C1. The summed E-state index contributed by atoms with van der Waals surface area (Å²) in [5, 5.41) is 9.17. The highest BCUT2D eigenvalue weighted by molar-refractivity contribution is 7.87. The molecule has 6 heteroatoms. The number of benzene rings is 1. The predicted molar refractivity (Wildman–Crippen MR) is 73.8 cm³/mol. The number of fused-ring (bicyclic) bond motifs is 1. The van der Waals surface area contributed by atoms with Gasteiger partial charge < -0.3 is 5.11 Å². The Morgan fingerprint density at radius 3 is 2.58 bits per heavy atom. The number of rotatable bonds is 4. The van der Waals surface area contributed by atoms with Gasteiger partial charge in [-0.05, 0) is 31.4 Å². The highest BCUT2D eigenvalue weighted by Crippen LogP contribution is 2.21. The van der Waals surface area contributed by atoms with Crippen LogP contribution in [0.25, 0.3) is 0 Å². The van der Waals surface area contributed by atoms with Crippen molar-refractivity contribution in [1.29, 1.82) is 0 Å². The molecule has 0 bridgehead atoms. The van der Waals surface area contributed by atoms with Gasteiger partial charge in [-0.1, -0.05) is 24.3 Å². The van der Waals surface area contributed by atoms with Crippen LogP contribution in [0.15, 0.2) is 24.3 Å². The van der Waals surface area contributed by atoms with E-state index >= 15 is 0 Å². The Hall–Kier alpha value is -0.950. The molecule has 1 heterocycles. The van der Waals surface area contributed by atoms with E-state index in [0.717, 1.165) is 12.0 Å². The van der Waals surface area contributed by atoms with Gasteiger partial charge in [0.2, 0.25) is 0 Å². The number of aliphatic hydroxyl groups excluding tert-OH is 1. The first-order valence-corrected chi connectivity index (χ1v) is 7.75. The Balaban J connectivity index is 2.16. The van der Waals surface area contributed by atoms with Crippen LogP contribution in [0.1, 0.15) is 25.0 Å². The van der Waals surface area contributed by atoms with Crippen molar-refractivity contribution < 1.29 is 13.5 Å². The zero-order valence-corrected chi connectivity index (χ0v) is 12.1. The quantitative estimate of drug-likeness (QED) is 0.853. The number of aliphatic hydroxyl groups is 1. The lowest BCUT2D eigenvalue weighted by atomic mass is 10.0. The van der Waals surface area contributed by atoms with Crippen molar-refractivity contribution >= 4 is 10.2 Å². The van der Waals surface area contributed by atoms with Crippen LogP contribution in [-0.4, -0.2) is 36.5 Å². The fourth-order valence-electron chi connectivity index (χ4n) is 2.12. The highest BCUT2D eigenvalue weighted by atomic mass is 32.2. The van der Waals surface area contributed by atoms with Crippen LogP contribution < -0.4 is 4.72 Å². The van der Waals surface area contributed by atoms with E-state index < -0.39 is 15.7 Å². The minimum Gasteiger partial charge on any atom is -0.394 e. The molecule has 0 aromatic heterocycles. The summed E-state index contributed by atoms with van der Waals surface area (Å²) >= 11 is 0. The van der Waals surface area contributed by atoms with Crippen LogP contribution >= 0.6 is 0 Å². The maximum Gasteiger partial charge on any atom is 0.280 e. The standard InChI is InChI=1S/C13H20N2O3S/c1-13(2,10-16)14-19(17,18)15-8-7-11-5-3-4-6-12(11)9-15/h3-6,14,16H,7-10H2,1-2H3. The summed E-state index contributed by atoms with van der Waals surface area (Å²) in [7, 11) is -3.57. The molecule has 2 rings (SSSR count). The average molecular weight is 284 g/mol. The van der Waals surface area contributed by atoms with Crippen LogP contribution in [0, 0.1) is 0 Å². The average Bonchev–Trinajstić information content (AvgIpc) is 2.37. The molecule has 0 spiro atoms. The first-order chi connectivity index (χ1) is 8.84. The van der Waals surface area contributed by atoms with Gasteiger partial charge in [-0.2, -0.15) is 17.4 Å². The second-order valence-corrected chi connectivity index (χ2v) is 7.17. The fourth-order valence-corrected chi connectivity index (χ4v) is 3.65. The topological polar surface area (TPSA) is 69.6 Å². The van der Waals surface area contributed by atoms with Crippen LogP contribution in [0.3, 0.4) is 0 Å². The monoisotopic (exact) mass is 284 g/mol. The van der Waals surface area contributed by atoms with Gasteiger partial charge in [-0.3, -0.25) is 0 Å². The molecule has 2 N–H and O–H groups in total. The molecule has 19 heavy (non-hydrogen) atoms. The van der Waals surface area contributed by atoms with Crippen molar-refractivity contribution in [3.05, 3.63) is 35.4 Å². The number of nitrogens with one attached hydrogen (secondary N) is 1. The van der Waals surface area contributed by atoms with E-state index in [1.807, 2.05) is 24.3 Å². The number of nitrogens with zero attached hydrogens (tertiary/aromatic N) is 1. The molecule has 1 aromatic rings. The summed E-state index contributed by atoms with van der Waals surface area (Å²) in [4.78, 5) is 0. The van der Waals surface area contributed by atoms with Gasteiger partial charge in [-0.15, -0.1) is 0 Å². The summed E-state index contributed by atoms with van der Waals surface area (Å²) in [5.41, 5.74) is 1.40. The molecule has 0 unspecified atom stereocenters. The Labute approximate surface area is 114 Å². The molecule has 106 valence electrons. The summed E-state index contributed by atoms with van der Waals surface area (Å²) in [5.74, 6) is 0. The summed E-state index contributed by atoms with van der Waals surface area (Å²) in [6, 6.07) is 7.87. The van der Waals surface area contributed by atoms with Gasteiger partial charge in [0.15, 0.2) is 0 Å². The zero-order chi connectivity index (χ0) is 14.1. The van der Waals surface area contributed by atoms with Crippen molar-refractivity contribution in [3.8, 4) is 0 Å². The Bertz CT molecular complexity index is 555. The van der Waals surface area contributed by atoms with Crippen LogP contribution in [0.4, 0.5) is 0 Å². The third-order valence-corrected chi connectivity index (χ3v) is 5.04. The summed E-state index contributed by atoms with van der Waals surface area (Å²) < 4.78 is 28.5. The van der Waals surface area contributed by atoms with Crippen molar-refractivity contribution in [2.24, 2.45) is 0 Å². The van der Waals surface area contributed by atoms with Crippen molar-refractivity contribution in [2.45, 2.75) is 32.4 Å². The first-order valence-electron chi connectivity index (χ1n) is 6.31. The number of hydrogen-bond acceptors (Lipinski definition) is 3. The van der Waals surface area contributed by atoms with Crippen LogP contribution in [0.2, 0.25) is 0 Å². The molecule has 1 aliphatic rings. The molecule has 0 aliphatic carbocycles. The van der Waals surface area contributed by atoms with Gasteiger partial charge in [-0.25, -0.2) is 0 Å². The smallest absolute Gasteiger partial charge is 0.280 e. The molecule has 5 nitrogen and oxygen atoms in total. The molecule has 0 radical (unpaired) electrons. The maximum absolute atomic E-state index is 12.3. The molecular weight excluding hydrogens is 264 g/mol. The highest BCUT2D eigenvalue weighted by Gasteiger charge is 2.31. The van der Waals surface area contributed by atoms with Gasteiger partial charge in [0.25, 0.3) is 10.2 Å². The van der Waals surface area contributed by atoms with Crippen molar-refractivity contribution in [1.82, 2.24) is 9.03 Å². The van der Waals surface area contributed by atoms with Gasteiger partial charge in [0.1, 0.15) is 0 Å². The third kappa shape index (κ3) is 3.33. The lowest BCUT2D eigenvalue weighted by Crippen LogP contribution is -2.53. The molecule has 0 atom stereocenters. The van der Waals surface area contributed by atoms with Gasteiger partial charge in [0.05, 0.1) is 12.1 Å². The van der Waals surface area contributed by atoms with E-state index in [1.54, 1.807) is 13.8 Å². The largest absolute Gasteiger partial charge is 0.394 e. The molecule has 0 saturated carbocycles. The van der Waals surface area contributed by atoms with Crippen LogP contribution in [0.5, 0.6) is 0 Å². The molecule has 0 amide bonds. The third-order valence-electron chi connectivity index (χ3n) is 3.24. The molecule has 1 aromatic carbocycles. The Morgan fingerprint density at radius 2 is 1.95 bits per heavy atom. The van der Waals surface area contributed by atoms with E-state index in [0.29, 0.717) is 13.1 Å². The lowest BCUT2D eigenvalue weighted by molar-refractivity contribution is 0.205. The molecule has 1 aliphatic heterocycles. The van der Waals surface area contributed by atoms with Crippen molar-refractivity contribution in [2.75, 3.05) is 13.2 Å². The van der Waals surface area contributed by atoms with Crippen molar-refractivity contribution in [3.63, 3.8) is 0 Å². The molecule has 0 fully saturated rings. The fraction of sp³-hybridized carbons (Fsp3) is 0.538. The van der Waals surface area contributed by atoms with E-state index in [2.05, 4.69) is 4.72 Å². The van der Waals surface area contributed by atoms with E-state index in [9.17, 15) is 8.42 Å². The lowest BCUT2D eigenvalue weighted by Gasteiger charge is -2.32. The number of hydrogen-bond donors (Lipinski definition) is 2. The van der Waals surface area contributed by atoms with E-state index in [4.69, 9.17) is 5.11 Å². The van der Waals surface area contributed by atoms with E-state index in [1.165, 1.54) is 9.87 Å². The second-order valence-electron chi connectivity index (χ2n) is 5.50. The maximum atomic E-state index is 12.3. The minimum atomic E-state index is -3.57.